The van der Waals surface area contributed by atoms with Gasteiger partial charge in [0.15, 0.2) is 9.84 Å². The van der Waals surface area contributed by atoms with Crippen molar-refractivity contribution >= 4 is 15.7 Å². The minimum absolute atomic E-state index is 0.0769. The van der Waals surface area contributed by atoms with Crippen LogP contribution in [-0.2, 0) is 21.1 Å². The topological polar surface area (TPSA) is 63.2 Å². The minimum Gasteiger partial charge on any atom is -0.352 e. The molecule has 1 heterocycles. The molecule has 1 fully saturated rings. The van der Waals surface area contributed by atoms with Crippen LogP contribution in [0.3, 0.4) is 0 Å². The fraction of sp³-hybridized carbons (Fsp3) is 0.417. The van der Waals surface area contributed by atoms with Gasteiger partial charge < -0.3 is 5.32 Å². The zero-order valence-electron chi connectivity index (χ0n) is 9.43. The van der Waals surface area contributed by atoms with Crippen LogP contribution in [0.1, 0.15) is 12.0 Å². The van der Waals surface area contributed by atoms with Crippen LogP contribution in [-0.4, -0.2) is 31.9 Å². The van der Waals surface area contributed by atoms with Crippen molar-refractivity contribution in [2.75, 3.05) is 11.5 Å². The molecule has 1 aliphatic rings. The SMILES string of the molecule is O=C(Cc1ccccc1)N[C@@H]1CCS(=O)(=O)C1. The highest BCUT2D eigenvalue weighted by Gasteiger charge is 2.28. The minimum atomic E-state index is -2.93. The highest BCUT2D eigenvalue weighted by Crippen LogP contribution is 2.11. The van der Waals surface area contributed by atoms with Crippen molar-refractivity contribution in [2.24, 2.45) is 0 Å². The van der Waals surface area contributed by atoms with Gasteiger partial charge in [0.1, 0.15) is 0 Å². The summed E-state index contributed by atoms with van der Waals surface area (Å²) in [5, 5.41) is 2.76. The molecule has 1 aromatic carbocycles. The summed E-state index contributed by atoms with van der Waals surface area (Å²) in [6, 6.07) is 9.20. The molecule has 1 aliphatic heterocycles. The first-order valence-electron chi connectivity index (χ1n) is 5.59. The lowest BCUT2D eigenvalue weighted by Crippen LogP contribution is -2.36. The molecule has 5 heteroatoms. The molecule has 1 aromatic rings. The Morgan fingerprint density at radius 1 is 1.29 bits per heavy atom. The Morgan fingerprint density at radius 3 is 2.59 bits per heavy atom. The summed E-state index contributed by atoms with van der Waals surface area (Å²) in [6.07, 6.45) is 0.834. The summed E-state index contributed by atoms with van der Waals surface area (Å²) in [5.74, 6) is 0.148. The average Bonchev–Trinajstić information content (AvgIpc) is 2.59. The van der Waals surface area contributed by atoms with Crippen molar-refractivity contribution in [2.45, 2.75) is 18.9 Å². The van der Waals surface area contributed by atoms with Crippen molar-refractivity contribution in [3.63, 3.8) is 0 Å². The van der Waals surface area contributed by atoms with Gasteiger partial charge in [0.05, 0.1) is 17.9 Å². The number of amides is 1. The quantitative estimate of drug-likeness (QED) is 0.854. The number of hydrogen-bond acceptors (Lipinski definition) is 3. The van der Waals surface area contributed by atoms with Gasteiger partial charge in [-0.05, 0) is 12.0 Å². The average molecular weight is 253 g/mol. The Labute approximate surface area is 101 Å². The first kappa shape index (κ1) is 12.1. The predicted molar refractivity (Wildman–Crippen MR) is 65.3 cm³/mol. The second-order valence-electron chi connectivity index (χ2n) is 4.33. The zero-order chi connectivity index (χ0) is 12.3. The predicted octanol–water partition coefficient (Wildman–Crippen LogP) is 0.532. The summed E-state index contributed by atoms with van der Waals surface area (Å²) in [5.41, 5.74) is 0.936. The van der Waals surface area contributed by atoms with Gasteiger partial charge in [-0.3, -0.25) is 4.79 Å². The molecule has 1 N–H and O–H groups in total. The molecule has 4 nitrogen and oxygen atoms in total. The molecule has 0 aliphatic carbocycles. The summed E-state index contributed by atoms with van der Waals surface area (Å²) >= 11 is 0. The van der Waals surface area contributed by atoms with E-state index in [0.29, 0.717) is 12.8 Å². The van der Waals surface area contributed by atoms with Crippen LogP contribution >= 0.6 is 0 Å². The van der Waals surface area contributed by atoms with Crippen molar-refractivity contribution in [1.29, 1.82) is 0 Å². The third-order valence-corrected chi connectivity index (χ3v) is 4.57. The van der Waals surface area contributed by atoms with E-state index in [1.165, 1.54) is 0 Å². The van der Waals surface area contributed by atoms with Gasteiger partial charge in [-0.15, -0.1) is 0 Å². The molecule has 2 rings (SSSR count). The lowest BCUT2D eigenvalue weighted by molar-refractivity contribution is -0.120. The molecular weight excluding hydrogens is 238 g/mol. The van der Waals surface area contributed by atoms with Crippen LogP contribution in [0.25, 0.3) is 0 Å². The molecule has 0 spiro atoms. The maximum absolute atomic E-state index is 11.7. The summed E-state index contributed by atoms with van der Waals surface area (Å²) in [7, 11) is -2.93. The Bertz CT molecular complexity index is 496. The van der Waals surface area contributed by atoms with Crippen LogP contribution < -0.4 is 5.32 Å². The Kier molecular flexibility index (Phi) is 3.47. The van der Waals surface area contributed by atoms with Gasteiger partial charge in [-0.2, -0.15) is 0 Å². The first-order chi connectivity index (χ1) is 8.05. The van der Waals surface area contributed by atoms with E-state index >= 15 is 0 Å². The van der Waals surface area contributed by atoms with Crippen LogP contribution in [0.5, 0.6) is 0 Å². The fourth-order valence-electron chi connectivity index (χ4n) is 1.97. The number of carbonyl (C=O) groups excluding carboxylic acids is 1. The molecular formula is C12H15NO3S. The Morgan fingerprint density at radius 2 is 2.00 bits per heavy atom. The van der Waals surface area contributed by atoms with Crippen molar-refractivity contribution < 1.29 is 13.2 Å². The molecule has 0 radical (unpaired) electrons. The molecule has 0 saturated carbocycles. The van der Waals surface area contributed by atoms with Gasteiger partial charge in [0.2, 0.25) is 5.91 Å². The molecule has 0 bridgehead atoms. The third-order valence-electron chi connectivity index (χ3n) is 2.81. The fourth-order valence-corrected chi connectivity index (χ4v) is 3.64. The maximum atomic E-state index is 11.7. The molecule has 0 unspecified atom stereocenters. The van der Waals surface area contributed by atoms with E-state index in [1.54, 1.807) is 0 Å². The smallest absolute Gasteiger partial charge is 0.224 e. The maximum Gasteiger partial charge on any atom is 0.224 e. The van der Waals surface area contributed by atoms with E-state index in [4.69, 9.17) is 0 Å². The molecule has 1 atom stereocenters. The molecule has 1 amide bonds. The molecule has 0 aromatic heterocycles. The summed E-state index contributed by atoms with van der Waals surface area (Å²) in [6.45, 7) is 0. The third kappa shape index (κ3) is 3.56. The van der Waals surface area contributed by atoms with E-state index in [2.05, 4.69) is 5.32 Å². The van der Waals surface area contributed by atoms with E-state index in [-0.39, 0.29) is 23.5 Å². The van der Waals surface area contributed by atoms with Crippen LogP contribution in [0.2, 0.25) is 0 Å². The molecule has 17 heavy (non-hydrogen) atoms. The van der Waals surface area contributed by atoms with Crippen molar-refractivity contribution in [1.82, 2.24) is 5.32 Å². The number of benzene rings is 1. The van der Waals surface area contributed by atoms with Gasteiger partial charge in [0.25, 0.3) is 0 Å². The van der Waals surface area contributed by atoms with Crippen molar-refractivity contribution in [3.05, 3.63) is 35.9 Å². The molecule has 92 valence electrons. The highest BCUT2D eigenvalue weighted by molar-refractivity contribution is 7.91. The van der Waals surface area contributed by atoms with Crippen LogP contribution in [0.15, 0.2) is 30.3 Å². The number of sulfone groups is 1. The number of nitrogens with one attached hydrogen (secondary N) is 1. The number of hydrogen-bond donors (Lipinski definition) is 1. The van der Waals surface area contributed by atoms with Crippen LogP contribution in [0, 0.1) is 0 Å². The largest absolute Gasteiger partial charge is 0.352 e. The summed E-state index contributed by atoms with van der Waals surface area (Å²) < 4.78 is 22.5. The lowest BCUT2D eigenvalue weighted by Gasteiger charge is -2.10. The first-order valence-corrected chi connectivity index (χ1v) is 7.41. The molecule has 1 saturated heterocycles. The second-order valence-corrected chi connectivity index (χ2v) is 6.56. The highest BCUT2D eigenvalue weighted by atomic mass is 32.2. The monoisotopic (exact) mass is 253 g/mol. The van der Waals surface area contributed by atoms with E-state index in [0.717, 1.165) is 5.56 Å². The van der Waals surface area contributed by atoms with Gasteiger partial charge in [-0.25, -0.2) is 8.42 Å². The van der Waals surface area contributed by atoms with E-state index in [1.807, 2.05) is 30.3 Å². The second kappa shape index (κ2) is 4.87. The van der Waals surface area contributed by atoms with Gasteiger partial charge in [0, 0.05) is 6.04 Å². The van der Waals surface area contributed by atoms with Crippen LogP contribution in [0.4, 0.5) is 0 Å². The number of carbonyl (C=O) groups is 1. The Hall–Kier alpha value is -1.36. The van der Waals surface area contributed by atoms with E-state index in [9.17, 15) is 13.2 Å². The number of rotatable bonds is 3. The zero-order valence-corrected chi connectivity index (χ0v) is 10.2. The van der Waals surface area contributed by atoms with Crippen molar-refractivity contribution in [3.8, 4) is 0 Å². The summed E-state index contributed by atoms with van der Waals surface area (Å²) in [4.78, 5) is 11.7. The van der Waals surface area contributed by atoms with Gasteiger partial charge >= 0.3 is 0 Å². The standard InChI is InChI=1S/C12H15NO3S/c14-12(8-10-4-2-1-3-5-10)13-11-6-7-17(15,16)9-11/h1-5,11H,6-9H2,(H,13,14)/t11-/m1/s1. The van der Waals surface area contributed by atoms with E-state index < -0.39 is 9.84 Å². The Balaban J connectivity index is 1.87. The normalized spacial score (nSPS) is 22.2. The van der Waals surface area contributed by atoms with Gasteiger partial charge in [-0.1, -0.05) is 30.3 Å². The lowest BCUT2D eigenvalue weighted by atomic mass is 10.1.